The molecule has 0 aliphatic carbocycles. The van der Waals surface area contributed by atoms with Gasteiger partial charge in [-0.3, -0.25) is 4.79 Å². The molecular weight excluding hydrogens is 624 g/mol. The van der Waals surface area contributed by atoms with Crippen molar-refractivity contribution in [2.45, 2.75) is 30.9 Å². The molecule has 3 amide bonds. The summed E-state index contributed by atoms with van der Waals surface area (Å²) in [6.07, 6.45) is -0.756. The standard InChI is InChI=1S/C34H36N4O8S/c1-21-17-38(22(2)19-39)33(40)26-11-7-13-28(36-34(41)35-27-12-6-9-23-8-4-5-10-25(23)27)32(26)46-31(21)18-37(3)47(42,43)24-14-15-29-30(16-24)45-20-44-29/h4-16,21-22,31,39H,17-20H2,1-3H3,(H2,35,36,41). The number of para-hydroxylation sites is 1. The second kappa shape index (κ2) is 13.1. The number of nitrogens with one attached hydrogen (secondary N) is 2. The number of carbonyl (C=O) groups excluding carboxylic acids is 2. The number of rotatable bonds is 8. The first-order valence-corrected chi connectivity index (χ1v) is 16.6. The van der Waals surface area contributed by atoms with Crippen molar-refractivity contribution in [3.63, 3.8) is 0 Å². The molecule has 2 aliphatic heterocycles. The van der Waals surface area contributed by atoms with Crippen molar-refractivity contribution in [3.05, 3.63) is 84.4 Å². The fourth-order valence-corrected chi connectivity index (χ4v) is 6.94. The smallest absolute Gasteiger partial charge is 0.323 e. The fourth-order valence-electron chi connectivity index (χ4n) is 5.74. The molecule has 3 atom stereocenters. The minimum atomic E-state index is -3.99. The molecule has 2 heterocycles. The number of urea groups is 1. The predicted octanol–water partition coefficient (Wildman–Crippen LogP) is 4.75. The largest absolute Gasteiger partial charge is 0.486 e. The van der Waals surface area contributed by atoms with E-state index in [1.807, 2.05) is 43.3 Å². The highest BCUT2D eigenvalue weighted by Gasteiger charge is 2.36. The fraction of sp³-hybridized carbons (Fsp3) is 0.294. The van der Waals surface area contributed by atoms with E-state index in [2.05, 4.69) is 10.6 Å². The van der Waals surface area contributed by atoms with Crippen LogP contribution in [0.3, 0.4) is 0 Å². The molecular formula is C34H36N4O8S. The van der Waals surface area contributed by atoms with Crippen molar-refractivity contribution in [1.29, 1.82) is 0 Å². The molecule has 3 N–H and O–H groups in total. The normalized spacial score (nSPS) is 18.2. The van der Waals surface area contributed by atoms with Crippen LogP contribution in [0.2, 0.25) is 0 Å². The van der Waals surface area contributed by atoms with E-state index in [1.54, 1.807) is 42.2 Å². The Balaban J connectivity index is 1.31. The number of hydrogen-bond acceptors (Lipinski definition) is 8. The average molecular weight is 661 g/mol. The molecule has 13 heteroatoms. The number of sulfonamides is 1. The summed E-state index contributed by atoms with van der Waals surface area (Å²) in [7, 11) is -2.54. The lowest BCUT2D eigenvalue weighted by molar-refractivity contribution is 0.0389. The first-order valence-electron chi connectivity index (χ1n) is 15.2. The third-order valence-corrected chi connectivity index (χ3v) is 10.3. The molecule has 6 rings (SSSR count). The zero-order valence-electron chi connectivity index (χ0n) is 26.2. The Morgan fingerprint density at radius 3 is 2.51 bits per heavy atom. The van der Waals surface area contributed by atoms with Crippen LogP contribution in [-0.2, 0) is 10.0 Å². The summed E-state index contributed by atoms with van der Waals surface area (Å²) in [5.41, 5.74) is 0.998. The van der Waals surface area contributed by atoms with Crippen LogP contribution >= 0.6 is 0 Å². The zero-order valence-corrected chi connectivity index (χ0v) is 27.0. The van der Waals surface area contributed by atoms with Gasteiger partial charge in [-0.1, -0.05) is 49.4 Å². The number of amides is 3. The maximum atomic E-state index is 13.9. The molecule has 246 valence electrons. The van der Waals surface area contributed by atoms with Gasteiger partial charge in [-0.05, 0) is 42.6 Å². The number of ether oxygens (including phenoxy) is 3. The quantitative estimate of drug-likeness (QED) is 0.245. The molecule has 3 unspecified atom stereocenters. The van der Waals surface area contributed by atoms with Crippen molar-refractivity contribution < 1.29 is 37.3 Å². The number of aliphatic hydroxyl groups is 1. The first-order chi connectivity index (χ1) is 22.6. The van der Waals surface area contributed by atoms with Crippen molar-refractivity contribution in [2.75, 3.05) is 44.2 Å². The van der Waals surface area contributed by atoms with E-state index < -0.39 is 28.2 Å². The van der Waals surface area contributed by atoms with E-state index >= 15 is 0 Å². The summed E-state index contributed by atoms with van der Waals surface area (Å²) in [5.74, 6) is 0.145. The van der Waals surface area contributed by atoms with Crippen LogP contribution < -0.4 is 24.8 Å². The molecule has 0 spiro atoms. The Bertz CT molecular complexity index is 1930. The summed E-state index contributed by atoms with van der Waals surface area (Å²) < 4.78 is 45.8. The Kier molecular flexibility index (Phi) is 8.95. The summed E-state index contributed by atoms with van der Waals surface area (Å²) >= 11 is 0. The second-order valence-corrected chi connectivity index (χ2v) is 13.8. The van der Waals surface area contributed by atoms with Gasteiger partial charge in [-0.15, -0.1) is 0 Å². The van der Waals surface area contributed by atoms with Gasteiger partial charge in [0.15, 0.2) is 17.2 Å². The second-order valence-electron chi connectivity index (χ2n) is 11.7. The lowest BCUT2D eigenvalue weighted by Crippen LogP contribution is -2.50. The number of aliphatic hydroxyl groups excluding tert-OH is 1. The highest BCUT2D eigenvalue weighted by atomic mass is 32.2. The van der Waals surface area contributed by atoms with Gasteiger partial charge >= 0.3 is 6.03 Å². The minimum absolute atomic E-state index is 0.0132. The molecule has 0 radical (unpaired) electrons. The van der Waals surface area contributed by atoms with E-state index in [-0.39, 0.29) is 60.2 Å². The van der Waals surface area contributed by atoms with Crippen LogP contribution in [0.1, 0.15) is 24.2 Å². The predicted molar refractivity (Wildman–Crippen MR) is 177 cm³/mol. The number of fused-ring (bicyclic) bond motifs is 3. The summed E-state index contributed by atoms with van der Waals surface area (Å²) in [4.78, 5) is 28.8. The number of hydrogen-bond donors (Lipinski definition) is 3. The van der Waals surface area contributed by atoms with E-state index in [0.717, 1.165) is 10.8 Å². The highest BCUT2D eigenvalue weighted by molar-refractivity contribution is 7.89. The van der Waals surface area contributed by atoms with Gasteiger partial charge in [-0.2, -0.15) is 4.31 Å². The summed E-state index contributed by atoms with van der Waals surface area (Å²) in [6, 6.07) is 21.4. The Morgan fingerprint density at radius 1 is 1.00 bits per heavy atom. The van der Waals surface area contributed by atoms with Gasteiger partial charge in [0.1, 0.15) is 6.10 Å². The highest BCUT2D eigenvalue weighted by Crippen LogP contribution is 2.37. The average Bonchev–Trinajstić information content (AvgIpc) is 3.54. The van der Waals surface area contributed by atoms with Gasteiger partial charge < -0.3 is 34.9 Å². The van der Waals surface area contributed by atoms with Gasteiger partial charge in [0, 0.05) is 31.0 Å². The topological polar surface area (TPSA) is 147 Å². The lowest BCUT2D eigenvalue weighted by atomic mass is 9.99. The summed E-state index contributed by atoms with van der Waals surface area (Å²) in [6.45, 7) is 3.44. The summed E-state index contributed by atoms with van der Waals surface area (Å²) in [5, 5.41) is 17.5. The van der Waals surface area contributed by atoms with E-state index in [1.165, 1.54) is 23.5 Å². The number of nitrogens with zero attached hydrogens (tertiary/aromatic N) is 2. The van der Waals surface area contributed by atoms with Crippen molar-refractivity contribution in [2.24, 2.45) is 5.92 Å². The van der Waals surface area contributed by atoms with Crippen LogP contribution in [0.4, 0.5) is 16.2 Å². The molecule has 2 aliphatic rings. The first kappa shape index (κ1) is 32.1. The van der Waals surface area contributed by atoms with Gasteiger partial charge in [0.25, 0.3) is 5.91 Å². The van der Waals surface area contributed by atoms with Gasteiger partial charge in [0.05, 0.1) is 41.0 Å². The van der Waals surface area contributed by atoms with E-state index in [9.17, 15) is 23.1 Å². The van der Waals surface area contributed by atoms with Crippen LogP contribution in [-0.4, -0.2) is 80.4 Å². The molecule has 0 bridgehead atoms. The number of benzene rings is 4. The molecule has 47 heavy (non-hydrogen) atoms. The Hall–Kier alpha value is -4.85. The van der Waals surface area contributed by atoms with Crippen LogP contribution in [0, 0.1) is 5.92 Å². The van der Waals surface area contributed by atoms with Crippen LogP contribution in [0.15, 0.2) is 83.8 Å². The Morgan fingerprint density at radius 2 is 1.70 bits per heavy atom. The monoisotopic (exact) mass is 660 g/mol. The van der Waals surface area contributed by atoms with E-state index in [4.69, 9.17) is 14.2 Å². The maximum absolute atomic E-state index is 13.9. The zero-order chi connectivity index (χ0) is 33.3. The molecule has 4 aromatic carbocycles. The molecule has 4 aromatic rings. The van der Waals surface area contributed by atoms with Crippen LogP contribution in [0.5, 0.6) is 17.2 Å². The lowest BCUT2D eigenvalue weighted by Gasteiger charge is -2.38. The molecule has 0 saturated heterocycles. The molecule has 0 fully saturated rings. The number of carbonyl (C=O) groups is 2. The SMILES string of the molecule is CC1CN(C(C)CO)C(=O)c2cccc(NC(=O)Nc3cccc4ccccc34)c2OC1CN(C)S(=O)(=O)c1ccc2c(c1)OCO2. The Labute approximate surface area is 272 Å². The molecule has 0 aromatic heterocycles. The van der Waals surface area contributed by atoms with Gasteiger partial charge in [-0.25, -0.2) is 13.2 Å². The maximum Gasteiger partial charge on any atom is 0.323 e. The van der Waals surface area contributed by atoms with Gasteiger partial charge in [0.2, 0.25) is 16.8 Å². The number of anilines is 2. The third-order valence-electron chi connectivity index (χ3n) is 8.47. The molecule has 0 saturated carbocycles. The minimum Gasteiger partial charge on any atom is -0.486 e. The van der Waals surface area contributed by atoms with Crippen molar-refractivity contribution in [1.82, 2.24) is 9.21 Å². The molecule has 12 nitrogen and oxygen atoms in total. The van der Waals surface area contributed by atoms with E-state index in [0.29, 0.717) is 17.2 Å². The third kappa shape index (κ3) is 6.42. The number of likely N-dealkylation sites (N-methyl/N-ethyl adjacent to an activating group) is 1. The van der Waals surface area contributed by atoms with Crippen molar-refractivity contribution >= 4 is 44.1 Å². The van der Waals surface area contributed by atoms with Crippen molar-refractivity contribution in [3.8, 4) is 17.2 Å². The van der Waals surface area contributed by atoms with Crippen LogP contribution in [0.25, 0.3) is 10.8 Å².